The van der Waals surface area contributed by atoms with E-state index in [0.717, 1.165) is 17.9 Å². The summed E-state index contributed by atoms with van der Waals surface area (Å²) in [4.78, 5) is 13.0. The molecule has 0 bridgehead atoms. The molecule has 0 unspecified atom stereocenters. The minimum Gasteiger partial charge on any atom is -0.490 e. The van der Waals surface area contributed by atoms with Crippen molar-refractivity contribution in [1.29, 1.82) is 0 Å². The first-order valence-electron chi connectivity index (χ1n) is 5.44. The number of benzene rings is 1. The van der Waals surface area contributed by atoms with E-state index >= 15 is 0 Å². The molecule has 1 aliphatic rings. The summed E-state index contributed by atoms with van der Waals surface area (Å²) in [5.74, 6) is 1.21. The number of carbonyl (C=O) groups excluding carboxylic acids is 1. The molecule has 1 amide bonds. The van der Waals surface area contributed by atoms with E-state index < -0.39 is 0 Å². The van der Waals surface area contributed by atoms with Gasteiger partial charge in [-0.05, 0) is 12.1 Å². The van der Waals surface area contributed by atoms with Crippen LogP contribution in [0.2, 0.25) is 0 Å². The number of anilines is 1. The van der Waals surface area contributed by atoms with E-state index in [0.29, 0.717) is 19.0 Å². The Kier molecular flexibility index (Phi) is 3.74. The van der Waals surface area contributed by atoms with Crippen LogP contribution in [-0.2, 0) is 4.79 Å². The third-order valence-corrected chi connectivity index (χ3v) is 2.84. The Bertz CT molecular complexity index is 422. The molecule has 1 aromatic carbocycles. The topological polar surface area (TPSA) is 38.8 Å². The van der Waals surface area contributed by atoms with Gasteiger partial charge in [0, 0.05) is 25.2 Å². The van der Waals surface area contributed by atoms with Crippen molar-refractivity contribution in [3.63, 3.8) is 0 Å². The summed E-state index contributed by atoms with van der Waals surface area (Å²) >= 11 is 5.52. The highest BCUT2D eigenvalue weighted by atomic mass is 35.5. The summed E-state index contributed by atoms with van der Waals surface area (Å²) in [6.45, 7) is 1.28. The first kappa shape index (κ1) is 12.0. The minimum absolute atomic E-state index is 0.0368. The molecule has 2 rings (SSSR count). The van der Waals surface area contributed by atoms with Gasteiger partial charge in [-0.15, -0.1) is 11.6 Å². The predicted octanol–water partition coefficient (Wildman–Crippen LogP) is 2.05. The quantitative estimate of drug-likeness (QED) is 0.760. The zero-order valence-corrected chi connectivity index (χ0v) is 10.4. The number of carbonyl (C=O) groups is 1. The van der Waals surface area contributed by atoms with Gasteiger partial charge in [0.25, 0.3) is 0 Å². The van der Waals surface area contributed by atoms with Crippen LogP contribution >= 0.6 is 11.6 Å². The molecule has 4 nitrogen and oxygen atoms in total. The molecule has 0 saturated heterocycles. The van der Waals surface area contributed by atoms with E-state index in [1.165, 1.54) is 4.90 Å². The number of nitrogens with zero attached hydrogens (tertiary/aromatic N) is 1. The molecule has 0 radical (unpaired) electrons. The fourth-order valence-corrected chi connectivity index (χ4v) is 1.77. The van der Waals surface area contributed by atoms with Gasteiger partial charge in [0.15, 0.2) is 11.5 Å². The summed E-state index contributed by atoms with van der Waals surface area (Å²) in [5, 5.41) is 0. The molecular formula is C12H14ClNO3. The maximum absolute atomic E-state index is 11.5. The van der Waals surface area contributed by atoms with Gasteiger partial charge < -0.3 is 14.4 Å². The summed E-state index contributed by atoms with van der Waals surface area (Å²) < 4.78 is 11.1. The molecule has 0 N–H and O–H groups in total. The van der Waals surface area contributed by atoms with E-state index in [4.69, 9.17) is 21.1 Å². The maximum Gasteiger partial charge on any atom is 0.241 e. The lowest BCUT2D eigenvalue weighted by Gasteiger charge is -2.17. The first-order valence-corrected chi connectivity index (χ1v) is 5.98. The summed E-state index contributed by atoms with van der Waals surface area (Å²) in [6.07, 6.45) is 0.862. The molecule has 17 heavy (non-hydrogen) atoms. The zero-order chi connectivity index (χ0) is 12.3. The second-order valence-electron chi connectivity index (χ2n) is 3.77. The Hall–Kier alpha value is -1.42. The molecule has 0 fully saturated rings. The first-order chi connectivity index (χ1) is 8.22. The zero-order valence-electron chi connectivity index (χ0n) is 9.61. The van der Waals surface area contributed by atoms with E-state index in [9.17, 15) is 4.79 Å². The fraction of sp³-hybridized carbons (Fsp3) is 0.417. The standard InChI is InChI=1S/C12H14ClNO3/c1-14(12(15)8-13)9-3-4-10-11(7-9)17-6-2-5-16-10/h3-4,7H,2,5-6,8H2,1H3. The molecule has 0 atom stereocenters. The van der Waals surface area contributed by atoms with E-state index in [-0.39, 0.29) is 11.8 Å². The van der Waals surface area contributed by atoms with Crippen molar-refractivity contribution < 1.29 is 14.3 Å². The molecular weight excluding hydrogens is 242 g/mol. The van der Waals surface area contributed by atoms with Gasteiger partial charge in [-0.25, -0.2) is 0 Å². The summed E-state index contributed by atoms with van der Waals surface area (Å²) in [5.41, 5.74) is 0.750. The Morgan fingerprint density at radius 1 is 1.35 bits per heavy atom. The number of hydrogen-bond donors (Lipinski definition) is 0. The van der Waals surface area contributed by atoms with Crippen molar-refractivity contribution in [3.8, 4) is 11.5 Å². The van der Waals surface area contributed by atoms with Crippen LogP contribution in [0.3, 0.4) is 0 Å². The van der Waals surface area contributed by atoms with Crippen molar-refractivity contribution >= 4 is 23.2 Å². The number of ether oxygens (including phenoxy) is 2. The smallest absolute Gasteiger partial charge is 0.241 e. The third-order valence-electron chi connectivity index (χ3n) is 2.61. The fourth-order valence-electron chi connectivity index (χ4n) is 1.59. The Labute approximate surface area is 105 Å². The number of fused-ring (bicyclic) bond motifs is 1. The molecule has 0 aromatic heterocycles. The Morgan fingerprint density at radius 3 is 2.76 bits per heavy atom. The molecule has 0 spiro atoms. The average Bonchev–Trinajstić information content (AvgIpc) is 2.61. The molecule has 1 aromatic rings. The van der Waals surface area contributed by atoms with Gasteiger partial charge in [-0.1, -0.05) is 0 Å². The average molecular weight is 256 g/mol. The van der Waals surface area contributed by atoms with Gasteiger partial charge in [0.1, 0.15) is 5.88 Å². The van der Waals surface area contributed by atoms with Crippen molar-refractivity contribution in [2.24, 2.45) is 0 Å². The lowest BCUT2D eigenvalue weighted by atomic mass is 10.2. The Morgan fingerprint density at radius 2 is 2.06 bits per heavy atom. The van der Waals surface area contributed by atoms with Crippen molar-refractivity contribution in [3.05, 3.63) is 18.2 Å². The lowest BCUT2D eigenvalue weighted by molar-refractivity contribution is -0.116. The molecule has 1 aliphatic heterocycles. The highest BCUT2D eigenvalue weighted by molar-refractivity contribution is 6.29. The van der Waals surface area contributed by atoms with Crippen LogP contribution in [0.15, 0.2) is 18.2 Å². The van der Waals surface area contributed by atoms with E-state index in [1.54, 1.807) is 13.1 Å². The van der Waals surface area contributed by atoms with E-state index in [2.05, 4.69) is 0 Å². The molecule has 1 heterocycles. The molecule has 0 saturated carbocycles. The number of amides is 1. The monoisotopic (exact) mass is 255 g/mol. The van der Waals surface area contributed by atoms with Gasteiger partial charge in [0.05, 0.1) is 13.2 Å². The highest BCUT2D eigenvalue weighted by Crippen LogP contribution is 2.33. The normalized spacial score (nSPS) is 14.0. The summed E-state index contributed by atoms with van der Waals surface area (Å²) in [7, 11) is 1.68. The van der Waals surface area contributed by atoms with Crippen molar-refractivity contribution in [2.45, 2.75) is 6.42 Å². The molecule has 0 aliphatic carbocycles. The van der Waals surface area contributed by atoms with Gasteiger partial charge in [-0.2, -0.15) is 0 Å². The SMILES string of the molecule is CN(C(=O)CCl)c1ccc2c(c1)OCCCO2. The third kappa shape index (κ3) is 2.64. The van der Waals surface area contributed by atoms with Gasteiger partial charge in [0.2, 0.25) is 5.91 Å². The van der Waals surface area contributed by atoms with Crippen LogP contribution < -0.4 is 14.4 Å². The van der Waals surface area contributed by atoms with Crippen LogP contribution in [-0.4, -0.2) is 32.0 Å². The van der Waals surface area contributed by atoms with Crippen LogP contribution in [0.4, 0.5) is 5.69 Å². The highest BCUT2D eigenvalue weighted by Gasteiger charge is 2.15. The second-order valence-corrected chi connectivity index (χ2v) is 4.04. The largest absolute Gasteiger partial charge is 0.490 e. The predicted molar refractivity (Wildman–Crippen MR) is 66.2 cm³/mol. The summed E-state index contributed by atoms with van der Waals surface area (Å²) in [6, 6.07) is 5.43. The van der Waals surface area contributed by atoms with E-state index in [1.807, 2.05) is 12.1 Å². The number of halogens is 1. The lowest BCUT2D eigenvalue weighted by Crippen LogP contribution is -2.27. The van der Waals surface area contributed by atoms with Crippen molar-refractivity contribution in [2.75, 3.05) is 31.0 Å². The Balaban J connectivity index is 2.26. The molecule has 5 heteroatoms. The molecule has 92 valence electrons. The van der Waals surface area contributed by atoms with Crippen molar-refractivity contribution in [1.82, 2.24) is 0 Å². The number of rotatable bonds is 2. The second kappa shape index (κ2) is 5.27. The minimum atomic E-state index is -0.152. The maximum atomic E-state index is 11.5. The van der Waals surface area contributed by atoms with Crippen LogP contribution in [0.25, 0.3) is 0 Å². The van der Waals surface area contributed by atoms with Crippen LogP contribution in [0.1, 0.15) is 6.42 Å². The van der Waals surface area contributed by atoms with Gasteiger partial charge >= 0.3 is 0 Å². The van der Waals surface area contributed by atoms with Crippen LogP contribution in [0, 0.1) is 0 Å². The van der Waals surface area contributed by atoms with Gasteiger partial charge in [-0.3, -0.25) is 4.79 Å². The number of hydrogen-bond acceptors (Lipinski definition) is 3. The van der Waals surface area contributed by atoms with Crippen LogP contribution in [0.5, 0.6) is 11.5 Å². The number of alkyl halides is 1.